The molecule has 3 heteroatoms. The normalized spacial score (nSPS) is 21.9. The van der Waals surface area contributed by atoms with Crippen LogP contribution in [-0.2, 0) is 0 Å². The molecule has 1 atom stereocenters. The van der Waals surface area contributed by atoms with Gasteiger partial charge in [0.1, 0.15) is 0 Å². The minimum Gasteiger partial charge on any atom is -0.352 e. The SMILES string of the molecule is C[C@H](NC(N)=O)C1CCCCCC1. The molecule has 0 spiro atoms. The van der Waals surface area contributed by atoms with Crippen LogP contribution in [0.1, 0.15) is 45.4 Å². The fourth-order valence-electron chi connectivity index (χ4n) is 2.15. The van der Waals surface area contributed by atoms with Crippen molar-refractivity contribution in [3.8, 4) is 0 Å². The number of urea groups is 1. The molecule has 0 aromatic heterocycles. The van der Waals surface area contributed by atoms with Crippen molar-refractivity contribution in [2.24, 2.45) is 11.7 Å². The van der Waals surface area contributed by atoms with Gasteiger partial charge < -0.3 is 11.1 Å². The minimum atomic E-state index is -0.392. The van der Waals surface area contributed by atoms with E-state index in [4.69, 9.17) is 5.73 Å². The molecule has 1 fully saturated rings. The van der Waals surface area contributed by atoms with Gasteiger partial charge in [0, 0.05) is 6.04 Å². The Morgan fingerprint density at radius 2 is 1.85 bits per heavy atom. The third-order valence-corrected chi connectivity index (χ3v) is 2.98. The summed E-state index contributed by atoms with van der Waals surface area (Å²) in [7, 11) is 0. The van der Waals surface area contributed by atoms with Crippen molar-refractivity contribution in [2.45, 2.75) is 51.5 Å². The zero-order chi connectivity index (χ0) is 9.68. The summed E-state index contributed by atoms with van der Waals surface area (Å²) in [5.41, 5.74) is 5.09. The largest absolute Gasteiger partial charge is 0.352 e. The summed E-state index contributed by atoms with van der Waals surface area (Å²) in [6.07, 6.45) is 7.77. The quantitative estimate of drug-likeness (QED) is 0.634. The smallest absolute Gasteiger partial charge is 0.312 e. The first-order valence-electron chi connectivity index (χ1n) is 5.26. The molecule has 3 nitrogen and oxygen atoms in total. The Kier molecular flexibility index (Phi) is 4.06. The molecule has 0 unspecified atom stereocenters. The molecule has 0 bridgehead atoms. The summed E-state index contributed by atoms with van der Waals surface area (Å²) < 4.78 is 0. The highest BCUT2D eigenvalue weighted by Crippen LogP contribution is 2.25. The molecule has 0 aromatic carbocycles. The van der Waals surface area contributed by atoms with Gasteiger partial charge >= 0.3 is 6.03 Å². The first kappa shape index (κ1) is 10.4. The number of hydrogen-bond acceptors (Lipinski definition) is 1. The van der Waals surface area contributed by atoms with Gasteiger partial charge in [-0.05, 0) is 25.7 Å². The molecule has 13 heavy (non-hydrogen) atoms. The van der Waals surface area contributed by atoms with Gasteiger partial charge in [-0.2, -0.15) is 0 Å². The van der Waals surface area contributed by atoms with Crippen LogP contribution in [0.15, 0.2) is 0 Å². The van der Waals surface area contributed by atoms with Gasteiger partial charge in [0.2, 0.25) is 0 Å². The number of amides is 2. The maximum absolute atomic E-state index is 10.6. The van der Waals surface area contributed by atoms with Gasteiger partial charge in [0.05, 0.1) is 0 Å². The average Bonchev–Trinajstić information content (AvgIpc) is 2.29. The molecule has 1 aliphatic carbocycles. The zero-order valence-electron chi connectivity index (χ0n) is 8.38. The van der Waals surface area contributed by atoms with Crippen molar-refractivity contribution in [3.63, 3.8) is 0 Å². The fraction of sp³-hybridized carbons (Fsp3) is 0.900. The molecule has 1 saturated carbocycles. The van der Waals surface area contributed by atoms with Crippen LogP contribution in [0.4, 0.5) is 4.79 Å². The summed E-state index contributed by atoms with van der Waals surface area (Å²) in [5.74, 6) is 0.634. The molecule has 0 radical (unpaired) electrons. The minimum absolute atomic E-state index is 0.246. The number of primary amides is 1. The van der Waals surface area contributed by atoms with Crippen LogP contribution in [0.2, 0.25) is 0 Å². The highest BCUT2D eigenvalue weighted by atomic mass is 16.2. The zero-order valence-corrected chi connectivity index (χ0v) is 8.38. The third-order valence-electron chi connectivity index (χ3n) is 2.98. The van der Waals surface area contributed by atoms with E-state index >= 15 is 0 Å². The first-order valence-corrected chi connectivity index (χ1v) is 5.26. The van der Waals surface area contributed by atoms with Crippen molar-refractivity contribution in [3.05, 3.63) is 0 Å². The average molecular weight is 184 g/mol. The van der Waals surface area contributed by atoms with Crippen LogP contribution in [0.25, 0.3) is 0 Å². The van der Waals surface area contributed by atoms with Crippen molar-refractivity contribution >= 4 is 6.03 Å². The molecular weight excluding hydrogens is 164 g/mol. The van der Waals surface area contributed by atoms with Crippen LogP contribution >= 0.6 is 0 Å². The van der Waals surface area contributed by atoms with Gasteiger partial charge in [-0.1, -0.05) is 25.7 Å². The summed E-state index contributed by atoms with van der Waals surface area (Å²) in [6, 6.07) is -0.146. The lowest BCUT2D eigenvalue weighted by molar-refractivity contribution is 0.238. The number of nitrogens with two attached hydrogens (primary N) is 1. The molecule has 0 saturated heterocycles. The molecule has 76 valence electrons. The molecule has 1 aliphatic rings. The monoisotopic (exact) mass is 184 g/mol. The standard InChI is InChI=1S/C10H20N2O/c1-8(12-10(11)13)9-6-4-2-3-5-7-9/h8-9H,2-7H2,1H3,(H3,11,12,13)/t8-/m0/s1. The number of hydrogen-bond donors (Lipinski definition) is 2. The van der Waals surface area contributed by atoms with Gasteiger partial charge in [-0.15, -0.1) is 0 Å². The predicted molar refractivity (Wildman–Crippen MR) is 53.4 cm³/mol. The van der Waals surface area contributed by atoms with E-state index < -0.39 is 6.03 Å². The molecular formula is C10H20N2O. The van der Waals surface area contributed by atoms with Crippen molar-refractivity contribution in [1.82, 2.24) is 5.32 Å². The molecule has 3 N–H and O–H groups in total. The lowest BCUT2D eigenvalue weighted by Crippen LogP contribution is -2.41. The van der Waals surface area contributed by atoms with Crippen LogP contribution in [0, 0.1) is 5.92 Å². The maximum atomic E-state index is 10.6. The molecule has 0 aromatic rings. The second-order valence-corrected chi connectivity index (χ2v) is 4.05. The van der Waals surface area contributed by atoms with E-state index in [9.17, 15) is 4.79 Å². The van der Waals surface area contributed by atoms with E-state index in [1.807, 2.05) is 0 Å². The molecule has 1 rings (SSSR count). The van der Waals surface area contributed by atoms with Crippen LogP contribution < -0.4 is 11.1 Å². The summed E-state index contributed by atoms with van der Waals surface area (Å²) in [4.78, 5) is 10.6. The van der Waals surface area contributed by atoms with Crippen LogP contribution in [0.5, 0.6) is 0 Å². The molecule has 0 heterocycles. The van der Waals surface area contributed by atoms with E-state index in [1.54, 1.807) is 0 Å². The highest BCUT2D eigenvalue weighted by Gasteiger charge is 2.19. The fourth-order valence-corrected chi connectivity index (χ4v) is 2.15. The number of carbonyl (C=O) groups is 1. The topological polar surface area (TPSA) is 55.1 Å². The number of carbonyl (C=O) groups excluding carboxylic acids is 1. The van der Waals surface area contributed by atoms with Gasteiger partial charge in [-0.25, -0.2) is 4.79 Å². The summed E-state index contributed by atoms with van der Waals surface area (Å²) in [6.45, 7) is 2.06. The van der Waals surface area contributed by atoms with E-state index in [-0.39, 0.29) is 6.04 Å². The summed E-state index contributed by atoms with van der Waals surface area (Å²) >= 11 is 0. The lowest BCUT2D eigenvalue weighted by atomic mass is 9.93. The number of rotatable bonds is 2. The van der Waals surface area contributed by atoms with Gasteiger partial charge in [-0.3, -0.25) is 0 Å². The summed E-state index contributed by atoms with van der Waals surface area (Å²) in [5, 5.41) is 2.78. The Labute approximate surface area is 80.1 Å². The second kappa shape index (κ2) is 5.10. The maximum Gasteiger partial charge on any atom is 0.312 e. The Bertz CT molecular complexity index is 162. The second-order valence-electron chi connectivity index (χ2n) is 4.05. The van der Waals surface area contributed by atoms with E-state index in [1.165, 1.54) is 38.5 Å². The van der Waals surface area contributed by atoms with E-state index in [2.05, 4.69) is 12.2 Å². The van der Waals surface area contributed by atoms with Crippen molar-refractivity contribution in [2.75, 3.05) is 0 Å². The number of nitrogens with one attached hydrogen (secondary N) is 1. The Balaban J connectivity index is 2.34. The Morgan fingerprint density at radius 3 is 2.31 bits per heavy atom. The van der Waals surface area contributed by atoms with Gasteiger partial charge in [0.15, 0.2) is 0 Å². The van der Waals surface area contributed by atoms with Crippen LogP contribution in [0.3, 0.4) is 0 Å². The Morgan fingerprint density at radius 1 is 1.31 bits per heavy atom. The molecule has 2 amide bonds. The lowest BCUT2D eigenvalue weighted by Gasteiger charge is -2.22. The van der Waals surface area contributed by atoms with Crippen LogP contribution in [-0.4, -0.2) is 12.1 Å². The van der Waals surface area contributed by atoms with E-state index in [0.29, 0.717) is 5.92 Å². The molecule has 0 aliphatic heterocycles. The van der Waals surface area contributed by atoms with E-state index in [0.717, 1.165) is 0 Å². The third kappa shape index (κ3) is 3.66. The van der Waals surface area contributed by atoms with Crippen molar-refractivity contribution < 1.29 is 4.79 Å². The van der Waals surface area contributed by atoms with Gasteiger partial charge in [0.25, 0.3) is 0 Å². The Hall–Kier alpha value is -0.730. The highest BCUT2D eigenvalue weighted by molar-refractivity contribution is 5.71. The van der Waals surface area contributed by atoms with Crippen molar-refractivity contribution in [1.29, 1.82) is 0 Å². The predicted octanol–water partition coefficient (Wildman–Crippen LogP) is 2.01. The first-order chi connectivity index (χ1) is 6.20.